The number of hydrogen-bond acceptors (Lipinski definition) is 4. The van der Waals surface area contributed by atoms with Gasteiger partial charge in [-0.15, -0.1) is 0 Å². The molecule has 1 heterocycles. The lowest BCUT2D eigenvalue weighted by molar-refractivity contribution is -0.111. The SMILES string of the molecule is COc1c(Cl)cc(Cl)cc1C=CC(=O)Nc1ccc2oc(-c3cccc4c(Br)cccc34)nc2c1. The molecule has 0 aliphatic heterocycles. The Balaban J connectivity index is 1.40. The molecule has 0 spiro atoms. The van der Waals surface area contributed by atoms with Crippen LogP contribution in [0.1, 0.15) is 5.56 Å². The average molecular weight is 568 g/mol. The molecule has 1 amide bonds. The lowest BCUT2D eigenvalue weighted by atomic mass is 10.0. The first-order chi connectivity index (χ1) is 16.9. The van der Waals surface area contributed by atoms with Gasteiger partial charge in [-0.1, -0.05) is 63.4 Å². The van der Waals surface area contributed by atoms with E-state index in [2.05, 4.69) is 26.2 Å². The lowest BCUT2D eigenvalue weighted by Crippen LogP contribution is -2.07. The highest BCUT2D eigenvalue weighted by Crippen LogP contribution is 2.35. The molecular formula is C27H17BrCl2N2O3. The number of amides is 1. The van der Waals surface area contributed by atoms with Crippen LogP contribution >= 0.6 is 39.1 Å². The average Bonchev–Trinajstić information content (AvgIpc) is 3.26. The smallest absolute Gasteiger partial charge is 0.248 e. The maximum atomic E-state index is 12.5. The molecule has 0 atom stereocenters. The van der Waals surface area contributed by atoms with Crippen molar-refractivity contribution in [3.63, 3.8) is 0 Å². The Morgan fingerprint density at radius 2 is 1.86 bits per heavy atom. The van der Waals surface area contributed by atoms with Gasteiger partial charge in [0, 0.05) is 32.4 Å². The van der Waals surface area contributed by atoms with Gasteiger partial charge in [0.25, 0.3) is 0 Å². The Labute approximate surface area is 219 Å². The van der Waals surface area contributed by atoms with Crippen LogP contribution in [0.25, 0.3) is 39.4 Å². The van der Waals surface area contributed by atoms with E-state index >= 15 is 0 Å². The van der Waals surface area contributed by atoms with Crippen molar-refractivity contribution >= 4 is 78.7 Å². The molecule has 0 fully saturated rings. The number of nitrogens with zero attached hydrogens (tertiary/aromatic N) is 1. The van der Waals surface area contributed by atoms with Crippen LogP contribution in [0.4, 0.5) is 5.69 Å². The number of fused-ring (bicyclic) bond motifs is 2. The second-order valence-electron chi connectivity index (χ2n) is 7.67. The van der Waals surface area contributed by atoms with Crippen LogP contribution < -0.4 is 10.1 Å². The standard InChI is InChI=1S/C27H17BrCl2N2O3/c1-34-26-15(12-16(29)13-22(26)30)8-11-25(33)31-17-9-10-24-23(14-17)32-27(35-24)20-6-2-5-19-18(20)4-3-7-21(19)28/h2-14H,1H3,(H,31,33). The maximum Gasteiger partial charge on any atom is 0.248 e. The summed E-state index contributed by atoms with van der Waals surface area (Å²) in [6, 6.07) is 20.6. The van der Waals surface area contributed by atoms with E-state index < -0.39 is 0 Å². The highest BCUT2D eigenvalue weighted by atomic mass is 79.9. The Morgan fingerprint density at radius 1 is 1.06 bits per heavy atom. The van der Waals surface area contributed by atoms with Crippen LogP contribution in [-0.2, 0) is 4.79 Å². The van der Waals surface area contributed by atoms with Crippen LogP contribution in [0.2, 0.25) is 10.0 Å². The van der Waals surface area contributed by atoms with Gasteiger partial charge in [0.05, 0.1) is 12.1 Å². The number of methoxy groups -OCH3 is 1. The van der Waals surface area contributed by atoms with Crippen molar-refractivity contribution in [1.82, 2.24) is 4.98 Å². The first-order valence-corrected chi connectivity index (χ1v) is 12.1. The van der Waals surface area contributed by atoms with E-state index in [-0.39, 0.29) is 5.91 Å². The monoisotopic (exact) mass is 566 g/mol. The van der Waals surface area contributed by atoms with Gasteiger partial charge in [0.1, 0.15) is 11.3 Å². The molecule has 0 saturated carbocycles. The third-order valence-corrected chi connectivity index (χ3v) is 6.60. The molecule has 174 valence electrons. The van der Waals surface area contributed by atoms with Gasteiger partial charge in [-0.05, 0) is 59.3 Å². The topological polar surface area (TPSA) is 64.4 Å². The van der Waals surface area contributed by atoms with Crippen molar-refractivity contribution in [3.8, 4) is 17.2 Å². The number of anilines is 1. The van der Waals surface area contributed by atoms with E-state index in [1.165, 1.54) is 13.2 Å². The van der Waals surface area contributed by atoms with Gasteiger partial charge < -0.3 is 14.5 Å². The van der Waals surface area contributed by atoms with Gasteiger partial charge in [-0.3, -0.25) is 4.79 Å². The van der Waals surface area contributed by atoms with Crippen molar-refractivity contribution in [3.05, 3.63) is 92.9 Å². The molecule has 0 saturated heterocycles. The molecule has 5 rings (SSSR count). The number of nitrogens with one attached hydrogen (secondary N) is 1. The fraction of sp³-hybridized carbons (Fsp3) is 0.0370. The van der Waals surface area contributed by atoms with E-state index in [4.69, 9.17) is 32.4 Å². The van der Waals surface area contributed by atoms with Gasteiger partial charge in [-0.25, -0.2) is 4.98 Å². The number of carbonyl (C=O) groups is 1. The van der Waals surface area contributed by atoms with Crippen LogP contribution in [0.15, 0.2) is 81.7 Å². The summed E-state index contributed by atoms with van der Waals surface area (Å²) in [5, 5.41) is 5.75. The number of hydrogen-bond donors (Lipinski definition) is 1. The summed E-state index contributed by atoms with van der Waals surface area (Å²) in [4.78, 5) is 17.2. The van der Waals surface area contributed by atoms with Crippen LogP contribution in [0, 0.1) is 0 Å². The number of benzene rings is 4. The van der Waals surface area contributed by atoms with Gasteiger partial charge in [-0.2, -0.15) is 0 Å². The quantitative estimate of drug-likeness (QED) is 0.217. The molecule has 1 N–H and O–H groups in total. The fourth-order valence-electron chi connectivity index (χ4n) is 3.85. The second-order valence-corrected chi connectivity index (χ2v) is 9.37. The number of rotatable bonds is 5. The molecular weight excluding hydrogens is 551 g/mol. The van der Waals surface area contributed by atoms with Gasteiger partial charge in [0.15, 0.2) is 5.58 Å². The highest BCUT2D eigenvalue weighted by molar-refractivity contribution is 9.10. The molecule has 1 aromatic heterocycles. The minimum atomic E-state index is -0.329. The van der Waals surface area contributed by atoms with E-state index in [1.54, 1.807) is 36.4 Å². The Hall–Kier alpha value is -3.32. The maximum absolute atomic E-state index is 12.5. The zero-order valence-corrected chi connectivity index (χ0v) is 21.4. The highest BCUT2D eigenvalue weighted by Gasteiger charge is 2.13. The zero-order chi connectivity index (χ0) is 24.5. The van der Waals surface area contributed by atoms with Gasteiger partial charge >= 0.3 is 0 Å². The number of halogens is 3. The van der Waals surface area contributed by atoms with Crippen LogP contribution in [-0.4, -0.2) is 18.0 Å². The molecule has 0 unspecified atom stereocenters. The number of oxazole rings is 1. The lowest BCUT2D eigenvalue weighted by Gasteiger charge is -2.08. The summed E-state index contributed by atoms with van der Waals surface area (Å²) in [6.07, 6.45) is 2.98. The molecule has 5 nitrogen and oxygen atoms in total. The molecule has 4 aromatic carbocycles. The minimum Gasteiger partial charge on any atom is -0.495 e. The van der Waals surface area contributed by atoms with Crippen molar-refractivity contribution in [1.29, 1.82) is 0 Å². The first kappa shape index (κ1) is 23.4. The van der Waals surface area contributed by atoms with E-state index in [1.807, 2.05) is 36.4 Å². The largest absolute Gasteiger partial charge is 0.495 e. The van der Waals surface area contributed by atoms with Crippen molar-refractivity contribution < 1.29 is 13.9 Å². The second kappa shape index (κ2) is 9.74. The zero-order valence-electron chi connectivity index (χ0n) is 18.3. The van der Waals surface area contributed by atoms with Crippen molar-refractivity contribution in [2.75, 3.05) is 12.4 Å². The number of ether oxygens (including phenoxy) is 1. The summed E-state index contributed by atoms with van der Waals surface area (Å²) < 4.78 is 12.3. The first-order valence-electron chi connectivity index (χ1n) is 10.5. The molecule has 5 aromatic rings. The predicted octanol–water partition coefficient (Wildman–Crippen LogP) is 8.38. The molecule has 0 bridgehead atoms. The molecule has 0 radical (unpaired) electrons. The van der Waals surface area contributed by atoms with Crippen LogP contribution in [0.3, 0.4) is 0 Å². The number of carbonyl (C=O) groups excluding carboxylic acids is 1. The van der Waals surface area contributed by atoms with E-state index in [0.717, 1.165) is 20.8 Å². The molecule has 0 aliphatic carbocycles. The molecule has 8 heteroatoms. The van der Waals surface area contributed by atoms with E-state index in [9.17, 15) is 4.79 Å². The summed E-state index contributed by atoms with van der Waals surface area (Å²) >= 11 is 15.8. The summed E-state index contributed by atoms with van der Waals surface area (Å²) in [5.74, 6) is 0.624. The molecule has 35 heavy (non-hydrogen) atoms. The predicted molar refractivity (Wildman–Crippen MR) is 145 cm³/mol. The summed E-state index contributed by atoms with van der Waals surface area (Å²) in [7, 11) is 1.50. The van der Waals surface area contributed by atoms with Gasteiger partial charge in [0.2, 0.25) is 11.8 Å². The summed E-state index contributed by atoms with van der Waals surface area (Å²) in [5.41, 5.74) is 3.33. The third-order valence-electron chi connectivity index (χ3n) is 5.41. The molecule has 0 aliphatic rings. The number of aromatic nitrogens is 1. The Kier molecular flexibility index (Phi) is 6.52. The third kappa shape index (κ3) is 4.78. The Bertz CT molecular complexity index is 1630. The van der Waals surface area contributed by atoms with Crippen LogP contribution in [0.5, 0.6) is 5.75 Å². The fourth-order valence-corrected chi connectivity index (χ4v) is 4.93. The Morgan fingerprint density at radius 3 is 2.69 bits per heavy atom. The minimum absolute atomic E-state index is 0.329. The summed E-state index contributed by atoms with van der Waals surface area (Å²) in [6.45, 7) is 0. The van der Waals surface area contributed by atoms with Crippen molar-refractivity contribution in [2.24, 2.45) is 0 Å². The van der Waals surface area contributed by atoms with E-state index in [0.29, 0.717) is 44.0 Å². The normalized spacial score (nSPS) is 11.4. The van der Waals surface area contributed by atoms with Crippen molar-refractivity contribution in [2.45, 2.75) is 0 Å².